The number of aryl methyl sites for hydroxylation is 3. The van der Waals surface area contributed by atoms with Crippen molar-refractivity contribution in [2.45, 2.75) is 40.0 Å². The number of likely N-dealkylation sites (tertiary alicyclic amines) is 1. The van der Waals surface area contributed by atoms with E-state index in [1.54, 1.807) is 11.0 Å². The van der Waals surface area contributed by atoms with Crippen molar-refractivity contribution in [2.24, 2.45) is 0 Å². The van der Waals surface area contributed by atoms with Crippen molar-refractivity contribution in [1.82, 2.24) is 4.90 Å². The minimum absolute atomic E-state index is 0.225. The second-order valence-corrected chi connectivity index (χ2v) is 7.11. The lowest BCUT2D eigenvalue weighted by molar-refractivity contribution is 0.0983. The van der Waals surface area contributed by atoms with E-state index >= 15 is 0 Å². The molecule has 0 aromatic heterocycles. The molecule has 2 aromatic rings. The molecule has 0 saturated carbocycles. The van der Waals surface area contributed by atoms with Gasteiger partial charge in [0.25, 0.3) is 5.91 Å². The molecule has 26 heavy (non-hydrogen) atoms. The van der Waals surface area contributed by atoms with Crippen LogP contribution in [0.1, 0.15) is 46.3 Å². The van der Waals surface area contributed by atoms with Gasteiger partial charge in [0, 0.05) is 18.7 Å². The third-order valence-electron chi connectivity index (χ3n) is 5.07. The van der Waals surface area contributed by atoms with E-state index < -0.39 is 0 Å². The zero-order valence-electron chi connectivity index (χ0n) is 15.8. The number of amides is 3. The maximum Gasteiger partial charge on any atom is 0.331 e. The fourth-order valence-corrected chi connectivity index (χ4v) is 3.24. The van der Waals surface area contributed by atoms with E-state index in [0.29, 0.717) is 24.3 Å². The zero-order chi connectivity index (χ0) is 18.7. The molecule has 1 saturated heterocycles. The first-order valence-electron chi connectivity index (χ1n) is 9.24. The second kappa shape index (κ2) is 7.73. The third kappa shape index (κ3) is 3.79. The number of rotatable bonds is 2. The Morgan fingerprint density at radius 3 is 2.12 bits per heavy atom. The summed E-state index contributed by atoms with van der Waals surface area (Å²) < 4.78 is 0. The van der Waals surface area contributed by atoms with Crippen molar-refractivity contribution >= 4 is 17.6 Å². The van der Waals surface area contributed by atoms with Crippen LogP contribution in [0.4, 0.5) is 10.5 Å². The molecular formula is C22H26N2O2. The average molecular weight is 350 g/mol. The highest BCUT2D eigenvalue weighted by Crippen LogP contribution is 2.23. The van der Waals surface area contributed by atoms with Gasteiger partial charge in [-0.3, -0.25) is 4.79 Å². The fourth-order valence-electron chi connectivity index (χ4n) is 3.24. The van der Waals surface area contributed by atoms with Crippen LogP contribution in [-0.2, 0) is 0 Å². The van der Waals surface area contributed by atoms with Crippen LogP contribution in [0, 0.1) is 20.8 Å². The first-order valence-corrected chi connectivity index (χ1v) is 9.24. The molecule has 0 spiro atoms. The molecule has 0 atom stereocenters. The summed E-state index contributed by atoms with van der Waals surface area (Å²) in [5.74, 6) is -0.271. The summed E-state index contributed by atoms with van der Waals surface area (Å²) in [6.45, 7) is 7.41. The molecule has 4 heteroatoms. The summed E-state index contributed by atoms with van der Waals surface area (Å²) in [7, 11) is 0. The standard InChI is InChI=1S/C22H26N2O2/c1-16-7-11-20(12-8-16)24(22(26)23-13-5-4-6-14-23)21(25)19-10-9-17(2)18(3)15-19/h7-12,15H,4-6,13-14H2,1-3H3. The highest BCUT2D eigenvalue weighted by atomic mass is 16.2. The molecule has 0 aliphatic carbocycles. The van der Waals surface area contributed by atoms with Gasteiger partial charge in [-0.1, -0.05) is 23.8 Å². The third-order valence-corrected chi connectivity index (χ3v) is 5.07. The molecule has 1 heterocycles. The predicted octanol–water partition coefficient (Wildman–Crippen LogP) is 4.86. The largest absolute Gasteiger partial charge is 0.331 e. The van der Waals surface area contributed by atoms with Gasteiger partial charge < -0.3 is 4.90 Å². The summed E-state index contributed by atoms with van der Waals surface area (Å²) in [4.78, 5) is 29.6. The van der Waals surface area contributed by atoms with E-state index in [-0.39, 0.29) is 11.9 Å². The number of urea groups is 1. The highest BCUT2D eigenvalue weighted by molar-refractivity contribution is 6.20. The Kier molecular flexibility index (Phi) is 5.40. The van der Waals surface area contributed by atoms with Crippen molar-refractivity contribution in [1.29, 1.82) is 0 Å². The Labute approximate surface area is 155 Å². The molecule has 0 bridgehead atoms. The van der Waals surface area contributed by atoms with Gasteiger partial charge in [-0.15, -0.1) is 0 Å². The van der Waals surface area contributed by atoms with Crippen molar-refractivity contribution in [3.05, 3.63) is 64.7 Å². The number of imide groups is 1. The molecule has 1 fully saturated rings. The lowest BCUT2D eigenvalue weighted by Crippen LogP contribution is -2.48. The number of hydrogen-bond acceptors (Lipinski definition) is 2. The van der Waals surface area contributed by atoms with E-state index in [9.17, 15) is 9.59 Å². The Hall–Kier alpha value is -2.62. The highest BCUT2D eigenvalue weighted by Gasteiger charge is 2.29. The Balaban J connectivity index is 1.98. The van der Waals surface area contributed by atoms with E-state index in [1.165, 1.54) is 4.90 Å². The van der Waals surface area contributed by atoms with Gasteiger partial charge >= 0.3 is 6.03 Å². The fraction of sp³-hybridized carbons (Fsp3) is 0.364. The summed E-state index contributed by atoms with van der Waals surface area (Å²) in [6, 6.07) is 12.9. The Morgan fingerprint density at radius 1 is 0.846 bits per heavy atom. The first kappa shape index (κ1) is 18.2. The van der Waals surface area contributed by atoms with Crippen molar-refractivity contribution in [2.75, 3.05) is 18.0 Å². The molecule has 0 N–H and O–H groups in total. The SMILES string of the molecule is Cc1ccc(N(C(=O)c2ccc(C)c(C)c2)C(=O)N2CCCCC2)cc1. The first-order chi connectivity index (χ1) is 12.5. The summed E-state index contributed by atoms with van der Waals surface area (Å²) in [6.07, 6.45) is 3.12. The molecule has 0 unspecified atom stereocenters. The van der Waals surface area contributed by atoms with E-state index in [2.05, 4.69) is 0 Å². The summed E-state index contributed by atoms with van der Waals surface area (Å²) in [5.41, 5.74) is 4.43. The van der Waals surface area contributed by atoms with Gasteiger partial charge in [-0.2, -0.15) is 0 Å². The van der Waals surface area contributed by atoms with Gasteiger partial charge in [-0.05, 0) is 75.4 Å². The molecule has 136 valence electrons. The Morgan fingerprint density at radius 2 is 1.50 bits per heavy atom. The van der Waals surface area contributed by atoms with Crippen LogP contribution in [-0.4, -0.2) is 29.9 Å². The molecule has 1 aliphatic rings. The van der Waals surface area contributed by atoms with Crippen LogP contribution in [0.25, 0.3) is 0 Å². The zero-order valence-corrected chi connectivity index (χ0v) is 15.8. The van der Waals surface area contributed by atoms with E-state index in [1.807, 2.05) is 57.2 Å². The number of carbonyl (C=O) groups is 2. The number of hydrogen-bond donors (Lipinski definition) is 0. The molecule has 0 radical (unpaired) electrons. The normalized spacial score (nSPS) is 14.2. The van der Waals surface area contributed by atoms with Crippen LogP contribution >= 0.6 is 0 Å². The number of benzene rings is 2. The average Bonchev–Trinajstić information content (AvgIpc) is 2.66. The number of carbonyl (C=O) groups excluding carboxylic acids is 2. The Bertz CT molecular complexity index is 805. The summed E-state index contributed by atoms with van der Waals surface area (Å²) >= 11 is 0. The maximum absolute atomic E-state index is 13.3. The van der Waals surface area contributed by atoms with Crippen LogP contribution in [0.2, 0.25) is 0 Å². The van der Waals surface area contributed by atoms with Gasteiger partial charge in [0.15, 0.2) is 0 Å². The number of anilines is 1. The molecule has 4 nitrogen and oxygen atoms in total. The van der Waals surface area contributed by atoms with Crippen molar-refractivity contribution < 1.29 is 9.59 Å². The van der Waals surface area contributed by atoms with Gasteiger partial charge in [0.2, 0.25) is 0 Å². The summed E-state index contributed by atoms with van der Waals surface area (Å²) in [5, 5.41) is 0. The predicted molar refractivity (Wildman–Crippen MR) is 105 cm³/mol. The van der Waals surface area contributed by atoms with Gasteiger partial charge in [0.1, 0.15) is 0 Å². The molecule has 3 rings (SSSR count). The lowest BCUT2D eigenvalue weighted by Gasteiger charge is -2.32. The quantitative estimate of drug-likeness (QED) is 0.776. The van der Waals surface area contributed by atoms with E-state index in [0.717, 1.165) is 36.0 Å². The van der Waals surface area contributed by atoms with Crippen LogP contribution < -0.4 is 4.90 Å². The van der Waals surface area contributed by atoms with Crippen LogP contribution in [0.15, 0.2) is 42.5 Å². The molecular weight excluding hydrogens is 324 g/mol. The van der Waals surface area contributed by atoms with E-state index in [4.69, 9.17) is 0 Å². The smallest absolute Gasteiger partial charge is 0.324 e. The lowest BCUT2D eigenvalue weighted by atomic mass is 10.1. The minimum atomic E-state index is -0.271. The molecule has 3 amide bonds. The van der Waals surface area contributed by atoms with Crippen molar-refractivity contribution in [3.63, 3.8) is 0 Å². The van der Waals surface area contributed by atoms with Crippen LogP contribution in [0.3, 0.4) is 0 Å². The van der Waals surface area contributed by atoms with Gasteiger partial charge in [-0.25, -0.2) is 9.69 Å². The minimum Gasteiger partial charge on any atom is -0.324 e. The van der Waals surface area contributed by atoms with Crippen LogP contribution in [0.5, 0.6) is 0 Å². The number of piperidine rings is 1. The van der Waals surface area contributed by atoms with Gasteiger partial charge in [0.05, 0.1) is 5.69 Å². The monoisotopic (exact) mass is 350 g/mol. The number of nitrogens with zero attached hydrogens (tertiary/aromatic N) is 2. The topological polar surface area (TPSA) is 40.6 Å². The molecule has 1 aliphatic heterocycles. The second-order valence-electron chi connectivity index (χ2n) is 7.11. The molecule has 2 aromatic carbocycles. The maximum atomic E-state index is 13.3. The van der Waals surface area contributed by atoms with Crippen molar-refractivity contribution in [3.8, 4) is 0 Å².